The number of aliphatic carboxylic acids is 2. The number of carboxylic acid groups (broad SMARTS) is 2. The number of carboxylic acids is 2. The molecule has 226 valence electrons. The van der Waals surface area contributed by atoms with Crippen molar-refractivity contribution in [3.05, 3.63) is 34.7 Å². The van der Waals surface area contributed by atoms with Gasteiger partial charge in [-0.15, -0.1) is 23.1 Å². The zero-order valence-corrected chi connectivity index (χ0v) is 24.9. The fraction of sp³-hybridized carbons (Fsp3) is 0.348. The summed E-state index contributed by atoms with van der Waals surface area (Å²) in [5, 5.41) is 33.2. The number of aryl methyl sites for hydroxylation is 1. The molecule has 0 aliphatic carbocycles. The molecule has 3 aromatic rings. The van der Waals surface area contributed by atoms with Gasteiger partial charge in [0.15, 0.2) is 10.8 Å². The van der Waals surface area contributed by atoms with Crippen molar-refractivity contribution in [1.82, 2.24) is 29.8 Å². The van der Waals surface area contributed by atoms with Gasteiger partial charge in [0.2, 0.25) is 6.10 Å². The van der Waals surface area contributed by atoms with Crippen molar-refractivity contribution in [3.63, 3.8) is 0 Å². The van der Waals surface area contributed by atoms with Crippen LogP contribution in [0.1, 0.15) is 19.0 Å². The number of rotatable bonds is 11. The molecule has 6 N–H and O–H groups in total. The molecule has 0 spiro atoms. The second-order valence-corrected chi connectivity index (χ2v) is 12.2. The Kier molecular flexibility index (Phi) is 8.42. The van der Waals surface area contributed by atoms with E-state index < -0.39 is 41.3 Å². The number of anilines is 2. The predicted molar refractivity (Wildman–Crippen MR) is 152 cm³/mol. The summed E-state index contributed by atoms with van der Waals surface area (Å²) in [5.74, 6) is -3.74. The van der Waals surface area contributed by atoms with E-state index in [0.29, 0.717) is 16.4 Å². The summed E-state index contributed by atoms with van der Waals surface area (Å²) in [6.45, 7) is 1.57. The molecule has 1 fully saturated rings. The lowest BCUT2D eigenvalue weighted by Crippen LogP contribution is -2.71. The zero-order chi connectivity index (χ0) is 31.0. The van der Waals surface area contributed by atoms with Gasteiger partial charge in [-0.3, -0.25) is 14.5 Å². The maximum absolute atomic E-state index is 13.2. The third kappa shape index (κ3) is 5.79. The second-order valence-electron chi connectivity index (χ2n) is 9.22. The number of nitrogens with zero attached hydrogens (tertiary/aromatic N) is 7. The standard InChI is InChI=1S/C23H24N10O7S3/c1-3-11(20(36)37)40-30-14(10-7-42-22(25)27-10)17(34)29-15-18(35)32-16(21(38)39)9(5-41-19(15)32)6-43-23-28-12(24)4-13-31(2)8-26-33(13)23/h4,7-8,11,15,19,24H,3,5-6H2,1-2H3,(H5,25,27,29,34,36,37,38,39)/b30-14-/t11-,15?,19-/m1/s1. The van der Waals surface area contributed by atoms with Crippen molar-refractivity contribution in [1.29, 1.82) is 0 Å². The highest BCUT2D eigenvalue weighted by Gasteiger charge is 2.53. The minimum atomic E-state index is -1.54. The minimum absolute atomic E-state index is 0.0184. The van der Waals surface area contributed by atoms with Gasteiger partial charge in [0.1, 0.15) is 22.9 Å². The van der Waals surface area contributed by atoms with E-state index in [9.17, 15) is 29.4 Å². The van der Waals surface area contributed by atoms with Crippen LogP contribution in [0.3, 0.4) is 0 Å². The summed E-state index contributed by atoms with van der Waals surface area (Å²) in [6.07, 6.45) is 0.329. The van der Waals surface area contributed by atoms with Crippen LogP contribution in [0.4, 0.5) is 10.9 Å². The third-order valence-corrected chi connectivity index (χ3v) is 9.43. The highest BCUT2D eigenvalue weighted by atomic mass is 32.2. The molecule has 2 amide bonds. The fourth-order valence-corrected chi connectivity index (χ4v) is 7.28. The van der Waals surface area contributed by atoms with Crippen LogP contribution in [0.15, 0.2) is 39.4 Å². The molecule has 3 atom stereocenters. The quantitative estimate of drug-likeness (QED) is 0.0437. The molecule has 0 aromatic carbocycles. The highest BCUT2D eigenvalue weighted by molar-refractivity contribution is 8.01. The molecule has 1 saturated heterocycles. The molecule has 17 nitrogen and oxygen atoms in total. The van der Waals surface area contributed by atoms with Crippen molar-refractivity contribution in [2.24, 2.45) is 12.2 Å². The number of fused-ring (bicyclic) bond motifs is 2. The van der Waals surface area contributed by atoms with Gasteiger partial charge in [0.25, 0.3) is 28.9 Å². The SMILES string of the molecule is CC[C@@H](O/N=C(\C(=O)NC1C(=O)N2C(C(=O)[O-])=C(CSc3nc(N)cc4n3nc[n+]4C)CS[C@H]12)c1csc(N)n1)C(=O)O. The third-order valence-electron chi connectivity index (χ3n) is 6.40. The molecule has 20 heteroatoms. The fourth-order valence-electron chi connectivity index (χ4n) is 4.28. The van der Waals surface area contributed by atoms with Crippen LogP contribution in [0.2, 0.25) is 0 Å². The Hall–Kier alpha value is -4.43. The Morgan fingerprint density at radius 3 is 2.79 bits per heavy atom. The Bertz CT molecular complexity index is 1700. The van der Waals surface area contributed by atoms with Crippen LogP contribution in [0, 0.1) is 0 Å². The van der Waals surface area contributed by atoms with Gasteiger partial charge >= 0.3 is 5.97 Å². The lowest BCUT2D eigenvalue weighted by molar-refractivity contribution is -0.646. The van der Waals surface area contributed by atoms with Crippen molar-refractivity contribution in [2.45, 2.75) is 36.0 Å². The number of thiazole rings is 1. The lowest BCUT2D eigenvalue weighted by Gasteiger charge is -2.50. The number of nitrogens with one attached hydrogen (secondary N) is 1. The van der Waals surface area contributed by atoms with Crippen molar-refractivity contribution < 1.29 is 38.8 Å². The van der Waals surface area contributed by atoms with Crippen LogP contribution in [-0.4, -0.2) is 88.1 Å². The molecule has 5 heterocycles. The number of nitrogens with two attached hydrogens (primary N) is 2. The number of hydrogen-bond donors (Lipinski definition) is 4. The van der Waals surface area contributed by atoms with Crippen LogP contribution in [0.5, 0.6) is 0 Å². The largest absolute Gasteiger partial charge is 0.543 e. The number of nitrogen functional groups attached to an aromatic ring is 2. The first-order valence-electron chi connectivity index (χ1n) is 12.5. The first kappa shape index (κ1) is 30.0. The van der Waals surface area contributed by atoms with Gasteiger partial charge in [-0.2, -0.15) is 4.98 Å². The second kappa shape index (κ2) is 12.1. The van der Waals surface area contributed by atoms with E-state index in [1.54, 1.807) is 35.4 Å². The molecule has 2 aliphatic rings. The molecule has 2 aliphatic heterocycles. The van der Waals surface area contributed by atoms with E-state index in [1.165, 1.54) is 28.9 Å². The topological polar surface area (TPSA) is 247 Å². The Morgan fingerprint density at radius 2 is 2.14 bits per heavy atom. The van der Waals surface area contributed by atoms with Gasteiger partial charge in [0, 0.05) is 22.0 Å². The normalized spacial score (nSPS) is 19.2. The van der Waals surface area contributed by atoms with E-state index >= 15 is 0 Å². The van der Waals surface area contributed by atoms with Gasteiger partial charge in [0.05, 0.1) is 24.8 Å². The average molecular weight is 649 g/mol. The first-order chi connectivity index (χ1) is 20.5. The van der Waals surface area contributed by atoms with E-state index in [4.69, 9.17) is 16.3 Å². The van der Waals surface area contributed by atoms with Crippen molar-refractivity contribution in [3.8, 4) is 0 Å². The molecule has 3 aromatic heterocycles. The average Bonchev–Trinajstić information content (AvgIpc) is 3.56. The van der Waals surface area contributed by atoms with E-state index in [-0.39, 0.29) is 46.0 Å². The van der Waals surface area contributed by atoms with Crippen molar-refractivity contribution >= 4 is 80.9 Å². The molecule has 0 saturated carbocycles. The summed E-state index contributed by atoms with van der Waals surface area (Å²) < 4.78 is 3.32. The molecule has 43 heavy (non-hydrogen) atoms. The monoisotopic (exact) mass is 648 g/mol. The van der Waals surface area contributed by atoms with Crippen LogP contribution < -0.4 is 26.5 Å². The maximum atomic E-state index is 13.2. The minimum Gasteiger partial charge on any atom is -0.543 e. The molecule has 0 radical (unpaired) electrons. The molecule has 5 rings (SSSR count). The summed E-state index contributed by atoms with van der Waals surface area (Å²) in [7, 11) is 1.79. The number of carbonyl (C=O) groups is 4. The number of β-lactam (4-membered cyclic amide) rings is 1. The predicted octanol–water partition coefficient (Wildman–Crippen LogP) is -2.05. The molecular formula is C23H24N10O7S3. The van der Waals surface area contributed by atoms with Gasteiger partial charge in [-0.05, 0) is 16.5 Å². The maximum Gasteiger partial charge on any atom is 0.347 e. The first-order valence-corrected chi connectivity index (χ1v) is 15.4. The summed E-state index contributed by atoms with van der Waals surface area (Å²) >= 11 is 3.47. The number of carbonyl (C=O) groups excluding carboxylic acids is 3. The smallest absolute Gasteiger partial charge is 0.347 e. The number of aromatic nitrogens is 5. The lowest BCUT2D eigenvalue weighted by atomic mass is 10.0. The molecule has 1 unspecified atom stereocenters. The summed E-state index contributed by atoms with van der Waals surface area (Å²) in [6, 6.07) is 0.542. The summed E-state index contributed by atoms with van der Waals surface area (Å²) in [5.41, 5.74) is 12.1. The Labute approximate surface area is 255 Å². The molecular weight excluding hydrogens is 625 g/mol. The number of oxime groups is 1. The zero-order valence-electron chi connectivity index (χ0n) is 22.5. The van der Waals surface area contributed by atoms with E-state index in [1.807, 2.05) is 0 Å². The highest BCUT2D eigenvalue weighted by Crippen LogP contribution is 2.41. The Morgan fingerprint density at radius 1 is 1.37 bits per heavy atom. The van der Waals surface area contributed by atoms with Crippen LogP contribution >= 0.6 is 34.9 Å². The van der Waals surface area contributed by atoms with Gasteiger partial charge in [-0.1, -0.05) is 23.8 Å². The van der Waals surface area contributed by atoms with Crippen LogP contribution in [-0.2, 0) is 31.1 Å². The van der Waals surface area contributed by atoms with Gasteiger partial charge in [-0.25, -0.2) is 14.3 Å². The van der Waals surface area contributed by atoms with E-state index in [2.05, 4.69) is 25.5 Å². The molecule has 0 bridgehead atoms. The number of amides is 2. The Balaban J connectivity index is 1.34. The number of thioether (sulfide) groups is 2. The van der Waals surface area contributed by atoms with E-state index in [0.717, 1.165) is 16.2 Å². The van der Waals surface area contributed by atoms with Crippen molar-refractivity contribution in [2.75, 3.05) is 23.0 Å². The summed E-state index contributed by atoms with van der Waals surface area (Å²) in [4.78, 5) is 64.4. The van der Waals surface area contributed by atoms with Crippen LogP contribution in [0.25, 0.3) is 5.65 Å². The number of hydrogen-bond acceptors (Lipinski definition) is 15. The van der Waals surface area contributed by atoms with Gasteiger partial charge < -0.3 is 36.6 Å².